The van der Waals surface area contributed by atoms with Crippen molar-refractivity contribution in [2.75, 3.05) is 19.5 Å². The maximum atomic E-state index is 11.8. The van der Waals surface area contributed by atoms with Gasteiger partial charge in [-0.2, -0.15) is 0 Å². The molecule has 5 nitrogen and oxygen atoms in total. The van der Waals surface area contributed by atoms with Crippen LogP contribution in [0.4, 0.5) is 5.69 Å². The molecule has 0 saturated carbocycles. The highest BCUT2D eigenvalue weighted by atomic mass is 16.5. The van der Waals surface area contributed by atoms with Crippen molar-refractivity contribution in [3.63, 3.8) is 0 Å². The largest absolute Gasteiger partial charge is 0.497 e. The van der Waals surface area contributed by atoms with Crippen molar-refractivity contribution in [3.8, 4) is 11.5 Å². The zero-order chi connectivity index (χ0) is 15.2. The van der Waals surface area contributed by atoms with E-state index in [2.05, 4.69) is 5.32 Å². The average molecular weight is 286 g/mol. The number of anilines is 1. The summed E-state index contributed by atoms with van der Waals surface area (Å²) in [5, 5.41) is 3.11. The summed E-state index contributed by atoms with van der Waals surface area (Å²) in [6, 6.07) is 14.0. The van der Waals surface area contributed by atoms with Gasteiger partial charge in [0.15, 0.2) is 0 Å². The molecular weight excluding hydrogens is 268 g/mol. The molecule has 0 aliphatic rings. The van der Waals surface area contributed by atoms with E-state index in [9.17, 15) is 4.79 Å². The Labute approximate surface area is 123 Å². The van der Waals surface area contributed by atoms with Crippen LogP contribution in [0.25, 0.3) is 0 Å². The highest BCUT2D eigenvalue weighted by Crippen LogP contribution is 2.31. The predicted octanol–water partition coefficient (Wildman–Crippen LogP) is 2.34. The number of amides is 1. The number of carbonyl (C=O) groups is 1. The molecule has 3 N–H and O–H groups in total. The van der Waals surface area contributed by atoms with Crippen molar-refractivity contribution in [2.24, 2.45) is 5.73 Å². The number of hydrogen-bond acceptors (Lipinski definition) is 4. The molecule has 21 heavy (non-hydrogen) atoms. The number of ether oxygens (including phenoxy) is 2. The monoisotopic (exact) mass is 286 g/mol. The summed E-state index contributed by atoms with van der Waals surface area (Å²) in [5.41, 5.74) is 6.99. The smallest absolute Gasteiger partial charge is 0.244 e. The van der Waals surface area contributed by atoms with Crippen LogP contribution in [-0.2, 0) is 4.79 Å². The lowest BCUT2D eigenvalue weighted by Crippen LogP contribution is -2.28. The van der Waals surface area contributed by atoms with Gasteiger partial charge in [-0.3, -0.25) is 4.79 Å². The van der Waals surface area contributed by atoms with E-state index in [0.717, 1.165) is 5.69 Å². The third-order valence-electron chi connectivity index (χ3n) is 3.12. The van der Waals surface area contributed by atoms with Crippen molar-refractivity contribution in [1.82, 2.24) is 0 Å². The topological polar surface area (TPSA) is 73.6 Å². The summed E-state index contributed by atoms with van der Waals surface area (Å²) in [5.74, 6) is 0.711. The molecule has 0 spiro atoms. The van der Waals surface area contributed by atoms with Gasteiger partial charge in [-0.15, -0.1) is 0 Å². The fraction of sp³-hybridized carbons (Fsp3) is 0.188. The third kappa shape index (κ3) is 3.45. The summed E-state index contributed by atoms with van der Waals surface area (Å²) in [6.45, 7) is 0. The van der Waals surface area contributed by atoms with E-state index in [0.29, 0.717) is 17.1 Å². The van der Waals surface area contributed by atoms with Gasteiger partial charge < -0.3 is 20.5 Å². The van der Waals surface area contributed by atoms with Crippen LogP contribution < -0.4 is 20.5 Å². The highest BCUT2D eigenvalue weighted by Gasteiger charge is 2.22. The lowest BCUT2D eigenvalue weighted by molar-refractivity contribution is -0.118. The number of methoxy groups -OCH3 is 2. The Morgan fingerprint density at radius 1 is 1.10 bits per heavy atom. The molecule has 2 rings (SSSR count). The SMILES string of the molecule is COc1ccc(C(Nc2ccccc2)C(N)=O)c(OC)c1. The van der Waals surface area contributed by atoms with E-state index in [1.807, 2.05) is 30.3 Å². The minimum atomic E-state index is -0.687. The van der Waals surface area contributed by atoms with Crippen molar-refractivity contribution in [1.29, 1.82) is 0 Å². The van der Waals surface area contributed by atoms with Crippen molar-refractivity contribution >= 4 is 11.6 Å². The van der Waals surface area contributed by atoms with E-state index in [1.54, 1.807) is 32.4 Å². The first-order valence-electron chi connectivity index (χ1n) is 6.48. The van der Waals surface area contributed by atoms with Gasteiger partial charge in [0.05, 0.1) is 14.2 Å². The van der Waals surface area contributed by atoms with E-state index in [-0.39, 0.29) is 0 Å². The summed E-state index contributed by atoms with van der Waals surface area (Å²) in [4.78, 5) is 11.8. The van der Waals surface area contributed by atoms with Gasteiger partial charge >= 0.3 is 0 Å². The number of para-hydroxylation sites is 1. The fourth-order valence-corrected chi connectivity index (χ4v) is 2.06. The van der Waals surface area contributed by atoms with Crippen LogP contribution in [0.15, 0.2) is 48.5 Å². The van der Waals surface area contributed by atoms with Gasteiger partial charge in [-0.1, -0.05) is 18.2 Å². The highest BCUT2D eigenvalue weighted by molar-refractivity contribution is 5.85. The zero-order valence-corrected chi connectivity index (χ0v) is 12.0. The van der Waals surface area contributed by atoms with Gasteiger partial charge in [0.1, 0.15) is 17.5 Å². The number of hydrogen-bond donors (Lipinski definition) is 2. The number of benzene rings is 2. The van der Waals surface area contributed by atoms with E-state index >= 15 is 0 Å². The lowest BCUT2D eigenvalue weighted by atomic mass is 10.0. The summed E-state index contributed by atoms with van der Waals surface area (Å²) >= 11 is 0. The number of rotatable bonds is 6. The fourth-order valence-electron chi connectivity index (χ4n) is 2.06. The molecular formula is C16H18N2O3. The molecule has 5 heteroatoms. The standard InChI is InChI=1S/C16H18N2O3/c1-20-12-8-9-13(14(10-12)21-2)15(16(17)19)18-11-6-4-3-5-7-11/h3-10,15,18H,1-2H3,(H2,17,19). The van der Waals surface area contributed by atoms with Crippen LogP contribution in [0.1, 0.15) is 11.6 Å². The van der Waals surface area contributed by atoms with Crippen LogP contribution in [-0.4, -0.2) is 20.1 Å². The van der Waals surface area contributed by atoms with Crippen molar-refractivity contribution in [2.45, 2.75) is 6.04 Å². The molecule has 0 aliphatic heterocycles. The number of nitrogens with two attached hydrogens (primary N) is 1. The summed E-state index contributed by atoms with van der Waals surface area (Å²) in [7, 11) is 3.11. The third-order valence-corrected chi connectivity index (χ3v) is 3.12. The molecule has 0 saturated heterocycles. The predicted molar refractivity (Wildman–Crippen MR) is 81.5 cm³/mol. The maximum Gasteiger partial charge on any atom is 0.244 e. The second kappa shape index (κ2) is 6.65. The van der Waals surface area contributed by atoms with Crippen LogP contribution in [0.2, 0.25) is 0 Å². The Balaban J connectivity index is 2.36. The van der Waals surface area contributed by atoms with Gasteiger partial charge in [0, 0.05) is 17.3 Å². The first-order valence-corrected chi connectivity index (χ1v) is 6.48. The Bertz CT molecular complexity index is 614. The number of carbonyl (C=O) groups excluding carboxylic acids is 1. The van der Waals surface area contributed by atoms with Gasteiger partial charge in [-0.25, -0.2) is 0 Å². The van der Waals surface area contributed by atoms with Crippen LogP contribution in [0, 0.1) is 0 Å². The van der Waals surface area contributed by atoms with Crippen LogP contribution in [0.3, 0.4) is 0 Å². The molecule has 0 aromatic heterocycles. The van der Waals surface area contributed by atoms with Crippen molar-refractivity contribution in [3.05, 3.63) is 54.1 Å². The first kappa shape index (κ1) is 14.7. The molecule has 2 aromatic rings. The lowest BCUT2D eigenvalue weighted by Gasteiger charge is -2.20. The van der Waals surface area contributed by atoms with E-state index in [1.165, 1.54) is 0 Å². The minimum Gasteiger partial charge on any atom is -0.497 e. The molecule has 0 radical (unpaired) electrons. The van der Waals surface area contributed by atoms with Crippen LogP contribution in [0.5, 0.6) is 11.5 Å². The van der Waals surface area contributed by atoms with Gasteiger partial charge in [-0.05, 0) is 24.3 Å². The second-order valence-corrected chi connectivity index (χ2v) is 4.45. The number of primary amides is 1. The zero-order valence-electron chi connectivity index (χ0n) is 12.0. The summed E-state index contributed by atoms with van der Waals surface area (Å²) in [6.07, 6.45) is 0. The molecule has 0 bridgehead atoms. The Kier molecular flexibility index (Phi) is 4.66. The van der Waals surface area contributed by atoms with Gasteiger partial charge in [0.2, 0.25) is 5.91 Å². The Morgan fingerprint density at radius 2 is 1.81 bits per heavy atom. The molecule has 0 aliphatic carbocycles. The maximum absolute atomic E-state index is 11.8. The summed E-state index contributed by atoms with van der Waals surface area (Å²) < 4.78 is 10.5. The van der Waals surface area contributed by atoms with E-state index < -0.39 is 11.9 Å². The number of nitrogens with one attached hydrogen (secondary N) is 1. The van der Waals surface area contributed by atoms with Gasteiger partial charge in [0.25, 0.3) is 0 Å². The molecule has 0 heterocycles. The van der Waals surface area contributed by atoms with Crippen LogP contribution >= 0.6 is 0 Å². The molecule has 1 unspecified atom stereocenters. The quantitative estimate of drug-likeness (QED) is 0.855. The molecule has 0 fully saturated rings. The second-order valence-electron chi connectivity index (χ2n) is 4.45. The molecule has 2 aromatic carbocycles. The minimum absolute atomic E-state index is 0.484. The molecule has 1 amide bonds. The normalized spacial score (nSPS) is 11.5. The Morgan fingerprint density at radius 3 is 2.38 bits per heavy atom. The Hall–Kier alpha value is -2.69. The van der Waals surface area contributed by atoms with E-state index in [4.69, 9.17) is 15.2 Å². The van der Waals surface area contributed by atoms with Crippen molar-refractivity contribution < 1.29 is 14.3 Å². The average Bonchev–Trinajstić information content (AvgIpc) is 2.52. The first-order chi connectivity index (χ1) is 10.2. The molecule has 110 valence electrons. The molecule has 1 atom stereocenters.